The van der Waals surface area contributed by atoms with Gasteiger partial charge in [-0.05, 0) is 52.5 Å². The zero-order valence-electron chi connectivity index (χ0n) is 14.2. The molecule has 1 N–H and O–H groups in total. The third-order valence-corrected chi connectivity index (χ3v) is 6.40. The van der Waals surface area contributed by atoms with E-state index >= 15 is 0 Å². The first-order chi connectivity index (χ1) is 10.3. The maximum Gasteiger partial charge on any atom is 0.318 e. The summed E-state index contributed by atoms with van der Waals surface area (Å²) in [6, 6.07) is 0.424. The highest BCUT2D eigenvalue weighted by Gasteiger charge is 2.47. The van der Waals surface area contributed by atoms with Crippen molar-refractivity contribution in [2.24, 2.45) is 5.41 Å². The van der Waals surface area contributed by atoms with E-state index in [-0.39, 0.29) is 17.0 Å². The molecule has 0 radical (unpaired) electrons. The van der Waals surface area contributed by atoms with Crippen molar-refractivity contribution in [2.45, 2.75) is 64.0 Å². The van der Waals surface area contributed by atoms with Crippen molar-refractivity contribution in [3.05, 3.63) is 0 Å². The second-order valence-electron chi connectivity index (χ2n) is 7.99. The van der Waals surface area contributed by atoms with Gasteiger partial charge in [0.15, 0.2) is 0 Å². The minimum absolute atomic E-state index is 0.00901. The number of urea groups is 1. The van der Waals surface area contributed by atoms with E-state index in [2.05, 4.69) is 29.1 Å². The van der Waals surface area contributed by atoms with Crippen LogP contribution in [0.5, 0.6) is 0 Å². The largest absolute Gasteiger partial charge is 0.331 e. The lowest BCUT2D eigenvalue weighted by Gasteiger charge is -2.40. The second kappa shape index (κ2) is 5.52. The number of likely N-dealkylation sites (tertiary alicyclic amines) is 1. The Hall–Kier alpha value is -1.10. The van der Waals surface area contributed by atoms with Gasteiger partial charge >= 0.3 is 6.03 Å². The van der Waals surface area contributed by atoms with E-state index < -0.39 is 0 Å². The zero-order valence-corrected chi connectivity index (χ0v) is 14.2. The van der Waals surface area contributed by atoms with E-state index in [1.165, 1.54) is 0 Å². The van der Waals surface area contributed by atoms with Crippen LogP contribution in [0, 0.1) is 5.41 Å². The molecule has 22 heavy (non-hydrogen) atoms. The third-order valence-electron chi connectivity index (χ3n) is 6.40. The first kappa shape index (κ1) is 15.8. The topological polar surface area (TPSA) is 52.7 Å². The molecule has 0 unspecified atom stereocenters. The molecule has 2 heterocycles. The Kier molecular flexibility index (Phi) is 3.96. The van der Waals surface area contributed by atoms with Gasteiger partial charge in [-0.15, -0.1) is 0 Å². The number of carbonyl (C=O) groups excluding carboxylic acids is 2. The molecule has 0 bridgehead atoms. The fraction of sp³-hybridized carbons (Fsp3) is 0.882. The monoisotopic (exact) mass is 307 g/mol. The predicted octanol–water partition coefficient (Wildman–Crippen LogP) is 2.01. The highest BCUT2D eigenvalue weighted by Crippen LogP contribution is 2.40. The first-order valence-corrected chi connectivity index (χ1v) is 8.62. The standard InChI is InChI=1S/C17H29N3O2/c1-13(21)16(2)6-4-14(5-7-16)20-12-17(18-15(20)22)8-10-19(3)11-9-17/h14H,4-12H2,1-3H3,(H,18,22). The number of hydrogen-bond acceptors (Lipinski definition) is 3. The van der Waals surface area contributed by atoms with Crippen LogP contribution in [0.3, 0.4) is 0 Å². The molecule has 2 aliphatic heterocycles. The highest BCUT2D eigenvalue weighted by atomic mass is 16.2. The Morgan fingerprint density at radius 1 is 1.18 bits per heavy atom. The summed E-state index contributed by atoms with van der Waals surface area (Å²) < 4.78 is 0. The summed E-state index contributed by atoms with van der Waals surface area (Å²) in [7, 11) is 2.14. The van der Waals surface area contributed by atoms with Crippen LogP contribution in [-0.4, -0.2) is 59.9 Å². The third kappa shape index (κ3) is 2.75. The van der Waals surface area contributed by atoms with Crippen LogP contribution < -0.4 is 5.32 Å². The van der Waals surface area contributed by atoms with E-state index in [4.69, 9.17) is 0 Å². The molecule has 0 aromatic rings. The number of Topliss-reactive ketones (excluding diaryl/α,β-unsaturated/α-hetero) is 1. The molecule has 1 saturated carbocycles. The number of amides is 2. The summed E-state index contributed by atoms with van der Waals surface area (Å²) >= 11 is 0. The van der Waals surface area contributed by atoms with Gasteiger partial charge in [-0.25, -0.2) is 4.79 Å². The number of nitrogens with one attached hydrogen (secondary N) is 1. The number of carbonyl (C=O) groups is 2. The Morgan fingerprint density at radius 3 is 2.32 bits per heavy atom. The predicted molar refractivity (Wildman–Crippen MR) is 85.7 cm³/mol. The van der Waals surface area contributed by atoms with E-state index in [1.54, 1.807) is 6.92 Å². The van der Waals surface area contributed by atoms with E-state index in [0.29, 0.717) is 11.8 Å². The Bertz CT molecular complexity index is 461. The number of ketones is 1. The molecular weight excluding hydrogens is 278 g/mol. The van der Waals surface area contributed by atoms with Gasteiger partial charge < -0.3 is 15.1 Å². The van der Waals surface area contributed by atoms with Crippen LogP contribution in [0.1, 0.15) is 52.4 Å². The smallest absolute Gasteiger partial charge is 0.318 e. The van der Waals surface area contributed by atoms with Crippen LogP contribution in [-0.2, 0) is 4.79 Å². The highest BCUT2D eigenvalue weighted by molar-refractivity contribution is 5.82. The summed E-state index contributed by atoms with van der Waals surface area (Å²) in [6.07, 6.45) is 5.82. The molecule has 5 heteroatoms. The summed E-state index contributed by atoms with van der Waals surface area (Å²) in [6.45, 7) is 6.74. The molecule has 5 nitrogen and oxygen atoms in total. The summed E-state index contributed by atoms with van der Waals surface area (Å²) in [5, 5.41) is 3.27. The maximum absolute atomic E-state index is 12.5. The maximum atomic E-state index is 12.5. The van der Waals surface area contributed by atoms with Crippen LogP contribution in [0.25, 0.3) is 0 Å². The number of rotatable bonds is 2. The summed E-state index contributed by atoms with van der Waals surface area (Å²) in [5.41, 5.74) is -0.178. The van der Waals surface area contributed by atoms with Crippen LogP contribution >= 0.6 is 0 Å². The molecule has 1 spiro atoms. The van der Waals surface area contributed by atoms with E-state index in [0.717, 1.165) is 58.2 Å². The second-order valence-corrected chi connectivity index (χ2v) is 7.99. The van der Waals surface area contributed by atoms with Gasteiger partial charge in [0.1, 0.15) is 5.78 Å². The fourth-order valence-electron chi connectivity index (χ4n) is 4.26. The van der Waals surface area contributed by atoms with Crippen molar-refractivity contribution in [1.29, 1.82) is 0 Å². The van der Waals surface area contributed by atoms with Gasteiger partial charge in [-0.2, -0.15) is 0 Å². The lowest BCUT2D eigenvalue weighted by Crippen LogP contribution is -2.51. The number of piperidine rings is 1. The molecule has 1 aliphatic carbocycles. The van der Waals surface area contributed by atoms with E-state index in [1.807, 2.05) is 0 Å². The SMILES string of the molecule is CC(=O)C1(C)CCC(N2CC3(CCN(C)CC3)NC2=O)CC1. The van der Waals surface area contributed by atoms with Gasteiger partial charge in [0.2, 0.25) is 0 Å². The van der Waals surface area contributed by atoms with Crippen molar-refractivity contribution in [3.63, 3.8) is 0 Å². The molecule has 0 atom stereocenters. The van der Waals surface area contributed by atoms with Crippen molar-refractivity contribution in [3.8, 4) is 0 Å². The van der Waals surface area contributed by atoms with Crippen molar-refractivity contribution < 1.29 is 9.59 Å². The normalized spacial score (nSPS) is 35.7. The Morgan fingerprint density at radius 2 is 1.77 bits per heavy atom. The van der Waals surface area contributed by atoms with Crippen molar-refractivity contribution in [1.82, 2.24) is 15.1 Å². The van der Waals surface area contributed by atoms with Crippen LogP contribution in [0.2, 0.25) is 0 Å². The fourth-order valence-corrected chi connectivity index (χ4v) is 4.26. The average Bonchev–Trinajstić information content (AvgIpc) is 2.80. The molecule has 3 rings (SSSR count). The van der Waals surface area contributed by atoms with Gasteiger partial charge in [-0.1, -0.05) is 6.92 Å². The van der Waals surface area contributed by atoms with E-state index in [9.17, 15) is 9.59 Å². The Balaban J connectivity index is 1.62. The van der Waals surface area contributed by atoms with Gasteiger partial charge in [-0.3, -0.25) is 4.79 Å². The number of hydrogen-bond donors (Lipinski definition) is 1. The minimum atomic E-state index is -0.169. The van der Waals surface area contributed by atoms with Gasteiger partial charge in [0, 0.05) is 31.1 Å². The van der Waals surface area contributed by atoms with Crippen LogP contribution in [0.4, 0.5) is 4.79 Å². The van der Waals surface area contributed by atoms with Crippen LogP contribution in [0.15, 0.2) is 0 Å². The van der Waals surface area contributed by atoms with Gasteiger partial charge in [0.25, 0.3) is 0 Å². The molecule has 3 fully saturated rings. The molecule has 2 amide bonds. The first-order valence-electron chi connectivity index (χ1n) is 8.62. The minimum Gasteiger partial charge on any atom is -0.331 e. The summed E-state index contributed by atoms with van der Waals surface area (Å²) in [5.74, 6) is 0.295. The van der Waals surface area contributed by atoms with Crippen molar-refractivity contribution >= 4 is 11.8 Å². The lowest BCUT2D eigenvalue weighted by molar-refractivity contribution is -0.127. The van der Waals surface area contributed by atoms with Gasteiger partial charge in [0.05, 0.1) is 5.54 Å². The zero-order chi connectivity index (χ0) is 16.0. The average molecular weight is 307 g/mol. The summed E-state index contributed by atoms with van der Waals surface area (Å²) in [4.78, 5) is 28.6. The number of nitrogens with zero attached hydrogens (tertiary/aromatic N) is 2. The quantitative estimate of drug-likeness (QED) is 0.849. The molecule has 124 valence electrons. The molecule has 3 aliphatic rings. The van der Waals surface area contributed by atoms with Crippen molar-refractivity contribution in [2.75, 3.05) is 26.7 Å². The Labute approximate surface area is 133 Å². The molecular formula is C17H29N3O2. The molecule has 0 aromatic heterocycles. The lowest BCUT2D eigenvalue weighted by atomic mass is 9.71. The molecule has 2 saturated heterocycles. The molecule has 0 aromatic carbocycles.